The summed E-state index contributed by atoms with van der Waals surface area (Å²) in [6.07, 6.45) is 8.50. The third kappa shape index (κ3) is 3.78. The molecule has 3 heterocycles. The molecule has 1 aliphatic carbocycles. The Bertz CT molecular complexity index is 1100. The molecule has 0 spiro atoms. The number of ether oxygens (including phenoxy) is 1. The Labute approximate surface area is 189 Å². The number of anilines is 2. The number of rotatable bonds is 4. The third-order valence-corrected chi connectivity index (χ3v) is 7.30. The molecule has 1 saturated heterocycles. The van der Waals surface area contributed by atoms with E-state index in [1.54, 1.807) is 13.4 Å². The van der Waals surface area contributed by atoms with E-state index in [0.29, 0.717) is 29.3 Å². The maximum Gasteiger partial charge on any atom is 0.146 e. The highest BCUT2D eigenvalue weighted by Gasteiger charge is 2.30. The van der Waals surface area contributed by atoms with Crippen molar-refractivity contribution in [1.82, 2.24) is 24.3 Å². The summed E-state index contributed by atoms with van der Waals surface area (Å²) in [5, 5.41) is 0.903. The fourth-order valence-corrected chi connectivity index (χ4v) is 5.37. The second-order valence-electron chi connectivity index (χ2n) is 9.17. The van der Waals surface area contributed by atoms with Crippen molar-refractivity contribution >= 4 is 22.5 Å². The molecular formula is C24H33N7O. The van der Waals surface area contributed by atoms with E-state index in [1.807, 2.05) is 18.2 Å². The van der Waals surface area contributed by atoms with Gasteiger partial charge in [-0.05, 0) is 50.4 Å². The van der Waals surface area contributed by atoms with Crippen molar-refractivity contribution in [3.63, 3.8) is 0 Å². The summed E-state index contributed by atoms with van der Waals surface area (Å²) in [4.78, 5) is 14.0. The molecule has 0 atom stereocenters. The minimum Gasteiger partial charge on any atom is -0.495 e. The Hall–Kier alpha value is -2.84. The second kappa shape index (κ2) is 8.60. The fraction of sp³-hybridized carbons (Fsp3) is 0.500. The molecule has 170 valence electrons. The average molecular weight is 436 g/mol. The lowest BCUT2D eigenvalue weighted by atomic mass is 9.89. The van der Waals surface area contributed by atoms with Gasteiger partial charge in [0.2, 0.25) is 0 Å². The van der Waals surface area contributed by atoms with Crippen LogP contribution >= 0.6 is 0 Å². The predicted molar refractivity (Wildman–Crippen MR) is 129 cm³/mol. The molecule has 0 amide bonds. The Balaban J connectivity index is 1.44. The number of likely N-dealkylation sites (N-methyl/N-ethyl adjacent to an activating group) is 1. The van der Waals surface area contributed by atoms with Crippen LogP contribution in [0, 0.1) is 0 Å². The van der Waals surface area contributed by atoms with Crippen LogP contribution < -0.4 is 16.2 Å². The molecule has 5 rings (SSSR count). The zero-order valence-electron chi connectivity index (χ0n) is 19.0. The van der Waals surface area contributed by atoms with Crippen LogP contribution in [-0.4, -0.2) is 70.7 Å². The Kier molecular flexibility index (Phi) is 5.65. The highest BCUT2D eigenvalue weighted by molar-refractivity contribution is 6.01. The number of nitrogens with zero attached hydrogens (tertiary/aromatic N) is 5. The summed E-state index contributed by atoms with van der Waals surface area (Å²) in [5.74, 6) is 1.16. The standard InChI is InChI=1S/C24H33N7O/c1-29-9-11-30(12-10-29)17-4-6-18(7-5-17)31-14-19(22-23(26)27-15-28-24(22)31)16-3-8-20(25)21(13-16)32-2/h3,8,13-15,17-18H,4-7,9-12,25H2,1-2H3,(H2,26,27,28). The number of aromatic nitrogens is 3. The minimum absolute atomic E-state index is 0.417. The molecule has 3 aromatic rings. The summed E-state index contributed by atoms with van der Waals surface area (Å²) < 4.78 is 7.77. The molecule has 0 unspecified atom stereocenters. The van der Waals surface area contributed by atoms with Crippen molar-refractivity contribution in [3.05, 3.63) is 30.7 Å². The summed E-state index contributed by atoms with van der Waals surface area (Å²) in [6, 6.07) is 6.96. The normalized spacial score (nSPS) is 22.9. The number of benzene rings is 1. The molecule has 32 heavy (non-hydrogen) atoms. The number of methoxy groups -OCH3 is 1. The largest absolute Gasteiger partial charge is 0.495 e. The molecule has 0 radical (unpaired) electrons. The van der Waals surface area contributed by atoms with Crippen molar-refractivity contribution in [1.29, 1.82) is 0 Å². The second-order valence-corrected chi connectivity index (χ2v) is 9.17. The molecular weight excluding hydrogens is 402 g/mol. The van der Waals surface area contributed by atoms with Crippen molar-refractivity contribution in [2.75, 3.05) is 51.8 Å². The SMILES string of the molecule is COc1cc(-c2cn(C3CCC(N4CCN(C)CC4)CC3)c3ncnc(N)c23)ccc1N. The van der Waals surface area contributed by atoms with E-state index in [1.165, 1.54) is 39.0 Å². The number of nitrogens with two attached hydrogens (primary N) is 2. The number of piperazine rings is 1. The quantitative estimate of drug-likeness (QED) is 0.608. The van der Waals surface area contributed by atoms with Crippen molar-refractivity contribution < 1.29 is 4.74 Å². The number of hydrogen-bond donors (Lipinski definition) is 2. The lowest BCUT2D eigenvalue weighted by Gasteiger charge is -2.41. The molecule has 4 N–H and O–H groups in total. The van der Waals surface area contributed by atoms with Gasteiger partial charge in [-0.15, -0.1) is 0 Å². The first-order valence-corrected chi connectivity index (χ1v) is 11.5. The molecule has 1 aromatic carbocycles. The van der Waals surface area contributed by atoms with Crippen LogP contribution in [-0.2, 0) is 0 Å². The molecule has 1 aliphatic heterocycles. The molecule has 2 fully saturated rings. The fourth-order valence-electron chi connectivity index (χ4n) is 5.37. The van der Waals surface area contributed by atoms with E-state index in [9.17, 15) is 0 Å². The van der Waals surface area contributed by atoms with Gasteiger partial charge in [0, 0.05) is 50.0 Å². The van der Waals surface area contributed by atoms with Crippen LogP contribution in [0.3, 0.4) is 0 Å². The summed E-state index contributed by atoms with van der Waals surface area (Å²) in [6.45, 7) is 4.72. The first kappa shape index (κ1) is 21.0. The van der Waals surface area contributed by atoms with Gasteiger partial charge in [-0.25, -0.2) is 9.97 Å². The monoisotopic (exact) mass is 435 g/mol. The average Bonchev–Trinajstić information content (AvgIpc) is 3.21. The Morgan fingerprint density at radius 1 is 0.969 bits per heavy atom. The molecule has 8 nitrogen and oxygen atoms in total. The zero-order valence-corrected chi connectivity index (χ0v) is 19.0. The van der Waals surface area contributed by atoms with Crippen LogP contribution in [0.25, 0.3) is 22.2 Å². The molecule has 2 aliphatic rings. The van der Waals surface area contributed by atoms with E-state index in [2.05, 4.69) is 37.6 Å². The lowest BCUT2D eigenvalue weighted by molar-refractivity contribution is 0.0828. The Morgan fingerprint density at radius 2 is 1.69 bits per heavy atom. The maximum absolute atomic E-state index is 6.34. The maximum atomic E-state index is 6.34. The summed E-state index contributed by atoms with van der Waals surface area (Å²) in [5.41, 5.74) is 15.9. The van der Waals surface area contributed by atoms with E-state index in [0.717, 1.165) is 35.0 Å². The van der Waals surface area contributed by atoms with Gasteiger partial charge in [-0.1, -0.05) is 6.07 Å². The van der Waals surface area contributed by atoms with Gasteiger partial charge in [0.15, 0.2) is 0 Å². The zero-order chi connectivity index (χ0) is 22.2. The van der Waals surface area contributed by atoms with Crippen molar-refractivity contribution in [2.24, 2.45) is 0 Å². The Morgan fingerprint density at radius 3 is 2.41 bits per heavy atom. The van der Waals surface area contributed by atoms with Gasteiger partial charge in [0.05, 0.1) is 18.2 Å². The number of nitrogen functional groups attached to an aromatic ring is 2. The first-order valence-electron chi connectivity index (χ1n) is 11.5. The number of hydrogen-bond acceptors (Lipinski definition) is 7. The number of fused-ring (bicyclic) bond motifs is 1. The van der Waals surface area contributed by atoms with E-state index < -0.39 is 0 Å². The first-order chi connectivity index (χ1) is 15.5. The third-order valence-electron chi connectivity index (χ3n) is 7.30. The molecule has 8 heteroatoms. The van der Waals surface area contributed by atoms with Crippen LogP contribution in [0.5, 0.6) is 5.75 Å². The van der Waals surface area contributed by atoms with E-state index in [-0.39, 0.29) is 0 Å². The summed E-state index contributed by atoms with van der Waals surface area (Å²) >= 11 is 0. The van der Waals surface area contributed by atoms with Crippen LogP contribution in [0.2, 0.25) is 0 Å². The summed E-state index contributed by atoms with van der Waals surface area (Å²) in [7, 11) is 3.85. The van der Waals surface area contributed by atoms with Crippen molar-refractivity contribution in [3.8, 4) is 16.9 Å². The molecule has 2 aromatic heterocycles. The van der Waals surface area contributed by atoms with Crippen molar-refractivity contribution in [2.45, 2.75) is 37.8 Å². The van der Waals surface area contributed by atoms with Gasteiger partial charge in [-0.3, -0.25) is 4.90 Å². The van der Waals surface area contributed by atoms with Crippen LogP contribution in [0.4, 0.5) is 11.5 Å². The van der Waals surface area contributed by atoms with Gasteiger partial charge >= 0.3 is 0 Å². The molecule has 0 bridgehead atoms. The van der Waals surface area contributed by atoms with Gasteiger partial charge < -0.3 is 25.7 Å². The predicted octanol–water partition coefficient (Wildman–Crippen LogP) is 3.00. The smallest absolute Gasteiger partial charge is 0.146 e. The van der Waals surface area contributed by atoms with Gasteiger partial charge in [0.1, 0.15) is 23.5 Å². The highest BCUT2D eigenvalue weighted by atomic mass is 16.5. The van der Waals surface area contributed by atoms with E-state index in [4.69, 9.17) is 16.2 Å². The lowest BCUT2D eigenvalue weighted by Crippen LogP contribution is -2.49. The van der Waals surface area contributed by atoms with E-state index >= 15 is 0 Å². The molecule has 1 saturated carbocycles. The van der Waals surface area contributed by atoms with Gasteiger partial charge in [0.25, 0.3) is 0 Å². The van der Waals surface area contributed by atoms with Crippen LogP contribution in [0.15, 0.2) is 30.7 Å². The highest BCUT2D eigenvalue weighted by Crippen LogP contribution is 2.40. The topological polar surface area (TPSA) is 98.5 Å². The van der Waals surface area contributed by atoms with Crippen LogP contribution in [0.1, 0.15) is 31.7 Å². The minimum atomic E-state index is 0.417. The van der Waals surface area contributed by atoms with Gasteiger partial charge in [-0.2, -0.15) is 0 Å².